The lowest BCUT2D eigenvalue weighted by Gasteiger charge is -2.19. The van der Waals surface area contributed by atoms with E-state index in [0.717, 1.165) is 11.6 Å². The van der Waals surface area contributed by atoms with Crippen molar-refractivity contribution in [1.29, 1.82) is 0 Å². The molecule has 7 heteroatoms. The molecule has 0 radical (unpaired) electrons. The summed E-state index contributed by atoms with van der Waals surface area (Å²) in [5.41, 5.74) is 0. The maximum atomic E-state index is 11.8. The smallest absolute Gasteiger partial charge is 0.238 e. The van der Waals surface area contributed by atoms with Gasteiger partial charge in [-0.25, -0.2) is 8.42 Å². The van der Waals surface area contributed by atoms with Gasteiger partial charge in [-0.05, 0) is 20.8 Å². The van der Waals surface area contributed by atoms with Crippen LogP contribution < -0.4 is 10.6 Å². The van der Waals surface area contributed by atoms with Gasteiger partial charge >= 0.3 is 0 Å². The van der Waals surface area contributed by atoms with Crippen LogP contribution in [0.3, 0.4) is 0 Å². The summed E-state index contributed by atoms with van der Waals surface area (Å²) >= 11 is 1.66. The molecule has 2 N–H and O–H groups in total. The van der Waals surface area contributed by atoms with Crippen LogP contribution in [0.2, 0.25) is 0 Å². The lowest BCUT2D eigenvalue weighted by atomic mass is 10.3. The molecule has 17 heavy (non-hydrogen) atoms. The number of hydrogen-bond acceptors (Lipinski definition) is 5. The average molecular weight is 280 g/mol. The summed E-state index contributed by atoms with van der Waals surface area (Å²) in [7, 11) is -3.16. The molecule has 0 saturated carbocycles. The Morgan fingerprint density at radius 1 is 1.47 bits per heavy atom. The lowest BCUT2D eigenvalue weighted by Crippen LogP contribution is -2.44. The number of sulfone groups is 1. The number of thioether (sulfide) groups is 1. The first-order valence-corrected chi connectivity index (χ1v) is 8.36. The molecule has 1 amide bonds. The summed E-state index contributed by atoms with van der Waals surface area (Å²) in [6.45, 7) is 5.18. The maximum absolute atomic E-state index is 11.8. The summed E-state index contributed by atoms with van der Waals surface area (Å²) in [6, 6.07) is -0.183. The third-order valence-electron chi connectivity index (χ3n) is 2.64. The van der Waals surface area contributed by atoms with Crippen LogP contribution in [0.5, 0.6) is 0 Å². The number of carbonyl (C=O) groups excluding carboxylic acids is 1. The zero-order valence-corrected chi connectivity index (χ0v) is 12.1. The number of nitrogens with one attached hydrogen (secondary N) is 2. The average Bonchev–Trinajstić information content (AvgIpc) is 2.67. The molecule has 1 atom stereocenters. The predicted molar refractivity (Wildman–Crippen MR) is 70.8 cm³/mol. The van der Waals surface area contributed by atoms with E-state index in [-0.39, 0.29) is 24.2 Å². The molecule has 0 spiro atoms. The molecule has 1 heterocycles. The van der Waals surface area contributed by atoms with E-state index in [4.69, 9.17) is 0 Å². The molecule has 100 valence electrons. The minimum Gasteiger partial charge on any atom is -0.354 e. The first-order valence-electron chi connectivity index (χ1n) is 5.55. The normalized spacial score (nSPS) is 21.5. The van der Waals surface area contributed by atoms with Gasteiger partial charge < -0.3 is 5.32 Å². The van der Waals surface area contributed by atoms with Crippen molar-refractivity contribution in [3.8, 4) is 0 Å². The molecule has 1 fully saturated rings. The summed E-state index contributed by atoms with van der Waals surface area (Å²) in [5.74, 6) is 1.40. The van der Waals surface area contributed by atoms with Crippen LogP contribution in [-0.4, -0.2) is 49.0 Å². The number of amides is 1. The van der Waals surface area contributed by atoms with Crippen molar-refractivity contribution in [2.75, 3.05) is 23.9 Å². The van der Waals surface area contributed by atoms with Crippen LogP contribution in [0.15, 0.2) is 0 Å². The minimum absolute atomic E-state index is 0.0118. The van der Waals surface area contributed by atoms with Crippen molar-refractivity contribution in [2.45, 2.75) is 31.6 Å². The number of carbonyl (C=O) groups is 1. The van der Waals surface area contributed by atoms with Gasteiger partial charge in [-0.1, -0.05) is 0 Å². The van der Waals surface area contributed by atoms with Crippen LogP contribution in [0, 0.1) is 0 Å². The third-order valence-corrected chi connectivity index (χ3v) is 6.18. The topological polar surface area (TPSA) is 75.3 Å². The Balaban J connectivity index is 2.35. The highest BCUT2D eigenvalue weighted by molar-refractivity contribution is 7.99. The van der Waals surface area contributed by atoms with Gasteiger partial charge in [0, 0.05) is 18.2 Å². The fourth-order valence-corrected chi connectivity index (χ4v) is 3.23. The maximum Gasteiger partial charge on any atom is 0.238 e. The van der Waals surface area contributed by atoms with Gasteiger partial charge in [0.15, 0.2) is 9.84 Å². The largest absolute Gasteiger partial charge is 0.354 e. The number of hydrogen-bond donors (Lipinski definition) is 2. The molecule has 1 aliphatic rings. The Hall–Kier alpha value is -0.270. The first-order chi connectivity index (χ1) is 7.74. The van der Waals surface area contributed by atoms with E-state index >= 15 is 0 Å². The summed E-state index contributed by atoms with van der Waals surface area (Å²) in [4.78, 5) is 11.6. The molecule has 0 aromatic rings. The van der Waals surface area contributed by atoms with Gasteiger partial charge in [-0.15, -0.1) is 11.8 Å². The van der Waals surface area contributed by atoms with Gasteiger partial charge in [0.2, 0.25) is 5.91 Å². The molecule has 0 bridgehead atoms. The zero-order chi connectivity index (χ0) is 13.1. The standard InChI is InChI=1S/C10H20N2O3S2/c1-10(2,3)17(14,15)5-4-11-9(13)8-6-16-7-12-8/h8,12H,4-7H2,1-3H3,(H,11,13). The SMILES string of the molecule is CC(C)(C)S(=O)(=O)CCNC(=O)C1CSCN1. The van der Waals surface area contributed by atoms with Gasteiger partial charge in [0.05, 0.1) is 16.5 Å². The van der Waals surface area contributed by atoms with E-state index in [0.29, 0.717) is 0 Å². The summed E-state index contributed by atoms with van der Waals surface area (Å²) < 4.78 is 22.8. The third kappa shape index (κ3) is 4.15. The quantitative estimate of drug-likeness (QED) is 0.757. The van der Waals surface area contributed by atoms with Crippen molar-refractivity contribution in [2.24, 2.45) is 0 Å². The second-order valence-electron chi connectivity index (χ2n) is 4.99. The first kappa shape index (κ1) is 14.8. The highest BCUT2D eigenvalue weighted by atomic mass is 32.2. The van der Waals surface area contributed by atoms with Crippen molar-refractivity contribution in [3.63, 3.8) is 0 Å². The second kappa shape index (κ2) is 5.58. The van der Waals surface area contributed by atoms with Gasteiger partial charge in [0.1, 0.15) is 0 Å². The number of rotatable bonds is 4. The van der Waals surface area contributed by atoms with Crippen molar-refractivity contribution >= 4 is 27.5 Å². The van der Waals surface area contributed by atoms with E-state index < -0.39 is 14.6 Å². The van der Waals surface area contributed by atoms with Gasteiger partial charge in [-0.3, -0.25) is 10.1 Å². The highest BCUT2D eigenvalue weighted by Crippen LogP contribution is 2.15. The minimum atomic E-state index is -3.16. The van der Waals surface area contributed by atoms with E-state index in [2.05, 4.69) is 10.6 Å². The molecule has 5 nitrogen and oxygen atoms in total. The molecule has 1 rings (SSSR count). The molecule has 0 aliphatic carbocycles. The Kier molecular flexibility index (Phi) is 4.86. The van der Waals surface area contributed by atoms with Crippen LogP contribution in [0.1, 0.15) is 20.8 Å². The van der Waals surface area contributed by atoms with Crippen molar-refractivity contribution in [1.82, 2.24) is 10.6 Å². The van der Waals surface area contributed by atoms with E-state index in [1.54, 1.807) is 32.5 Å². The Bertz CT molecular complexity index is 368. The molecule has 0 aromatic heterocycles. The molecule has 1 saturated heterocycles. The molecule has 1 aliphatic heterocycles. The molecular weight excluding hydrogens is 260 g/mol. The highest BCUT2D eigenvalue weighted by Gasteiger charge is 2.29. The lowest BCUT2D eigenvalue weighted by molar-refractivity contribution is -0.122. The summed E-state index contributed by atoms with van der Waals surface area (Å²) in [6.07, 6.45) is 0. The van der Waals surface area contributed by atoms with E-state index in [1.165, 1.54) is 0 Å². The fraction of sp³-hybridized carbons (Fsp3) is 0.900. The Labute approximate surface area is 107 Å². The zero-order valence-electron chi connectivity index (χ0n) is 10.4. The van der Waals surface area contributed by atoms with Crippen LogP contribution in [-0.2, 0) is 14.6 Å². The van der Waals surface area contributed by atoms with E-state index in [9.17, 15) is 13.2 Å². The van der Waals surface area contributed by atoms with E-state index in [1.807, 2.05) is 0 Å². The van der Waals surface area contributed by atoms with Crippen LogP contribution in [0.25, 0.3) is 0 Å². The predicted octanol–water partition coefficient (Wildman–Crippen LogP) is -0.0216. The van der Waals surface area contributed by atoms with Crippen molar-refractivity contribution < 1.29 is 13.2 Å². The molecule has 0 aromatic carbocycles. The fourth-order valence-electron chi connectivity index (χ4n) is 1.30. The molecule has 1 unspecified atom stereocenters. The van der Waals surface area contributed by atoms with Gasteiger partial charge in [-0.2, -0.15) is 0 Å². The summed E-state index contributed by atoms with van der Waals surface area (Å²) in [5, 5.41) is 5.69. The van der Waals surface area contributed by atoms with Crippen LogP contribution in [0.4, 0.5) is 0 Å². The van der Waals surface area contributed by atoms with Crippen molar-refractivity contribution in [3.05, 3.63) is 0 Å². The van der Waals surface area contributed by atoms with Crippen LogP contribution >= 0.6 is 11.8 Å². The molecular formula is C10H20N2O3S2. The Morgan fingerprint density at radius 2 is 2.12 bits per heavy atom. The monoisotopic (exact) mass is 280 g/mol. The Morgan fingerprint density at radius 3 is 2.59 bits per heavy atom. The van der Waals surface area contributed by atoms with Gasteiger partial charge in [0.25, 0.3) is 0 Å². The second-order valence-corrected chi connectivity index (χ2v) is 8.89.